The quantitative estimate of drug-likeness (QED) is 0.905. The Morgan fingerprint density at radius 1 is 1.15 bits per heavy atom. The molecule has 3 heteroatoms. The molecule has 0 saturated carbocycles. The Morgan fingerprint density at radius 3 is 2.35 bits per heavy atom. The number of nitrogens with zero attached hydrogens (tertiary/aromatic N) is 2. The smallest absolute Gasteiger partial charge is 0.160 e. The molecular formula is C17H24N2O. The number of benzene rings is 1. The minimum atomic E-state index is 0.225. The van der Waals surface area contributed by atoms with Crippen molar-refractivity contribution >= 4 is 0 Å². The number of rotatable bonds is 4. The van der Waals surface area contributed by atoms with E-state index in [1.165, 1.54) is 0 Å². The van der Waals surface area contributed by atoms with E-state index in [9.17, 15) is 5.11 Å². The van der Waals surface area contributed by atoms with Gasteiger partial charge in [0.05, 0.1) is 11.4 Å². The molecule has 0 fully saturated rings. The first-order valence-electron chi connectivity index (χ1n) is 7.28. The third kappa shape index (κ3) is 2.72. The Kier molecular flexibility index (Phi) is 4.17. The zero-order chi connectivity index (χ0) is 14.9. The summed E-state index contributed by atoms with van der Waals surface area (Å²) >= 11 is 0. The van der Waals surface area contributed by atoms with Crippen LogP contribution in [-0.2, 0) is 6.42 Å². The van der Waals surface area contributed by atoms with Gasteiger partial charge in [-0.1, -0.05) is 45.9 Å². The molecule has 0 aliphatic heterocycles. The molecule has 0 aliphatic rings. The summed E-state index contributed by atoms with van der Waals surface area (Å²) < 4.78 is 1.91. The number of aryl methyl sites for hydroxylation is 1. The van der Waals surface area contributed by atoms with E-state index >= 15 is 0 Å². The van der Waals surface area contributed by atoms with Crippen molar-refractivity contribution in [1.82, 2.24) is 9.78 Å². The van der Waals surface area contributed by atoms with Crippen LogP contribution in [-0.4, -0.2) is 14.9 Å². The molecule has 0 aliphatic carbocycles. The number of aromatic hydroxyl groups is 1. The Balaban J connectivity index is 2.60. The van der Waals surface area contributed by atoms with Crippen molar-refractivity contribution in [2.45, 2.75) is 47.0 Å². The summed E-state index contributed by atoms with van der Waals surface area (Å²) in [5.41, 5.74) is 3.90. The molecule has 0 atom stereocenters. The highest BCUT2D eigenvalue weighted by atomic mass is 16.3. The van der Waals surface area contributed by atoms with E-state index in [0.717, 1.165) is 29.1 Å². The average molecular weight is 272 g/mol. The van der Waals surface area contributed by atoms with E-state index in [1.807, 2.05) is 22.9 Å². The molecule has 3 nitrogen and oxygen atoms in total. The van der Waals surface area contributed by atoms with Crippen LogP contribution in [0.4, 0.5) is 0 Å². The maximum atomic E-state index is 10.5. The van der Waals surface area contributed by atoms with Crippen molar-refractivity contribution < 1.29 is 5.11 Å². The second-order valence-electron chi connectivity index (χ2n) is 6.13. The van der Waals surface area contributed by atoms with E-state index in [0.29, 0.717) is 11.7 Å². The number of hydrogen-bond acceptors (Lipinski definition) is 2. The molecule has 1 N–H and O–H groups in total. The first kappa shape index (κ1) is 14.6. The van der Waals surface area contributed by atoms with Gasteiger partial charge in [-0.3, -0.25) is 0 Å². The van der Waals surface area contributed by atoms with Crippen molar-refractivity contribution in [2.24, 2.45) is 5.92 Å². The van der Waals surface area contributed by atoms with E-state index in [2.05, 4.69) is 45.8 Å². The van der Waals surface area contributed by atoms with Gasteiger partial charge in [-0.2, -0.15) is 5.10 Å². The Morgan fingerprint density at radius 2 is 1.80 bits per heavy atom. The lowest BCUT2D eigenvalue weighted by atomic mass is 10.0. The van der Waals surface area contributed by atoms with Crippen LogP contribution in [0.2, 0.25) is 0 Å². The van der Waals surface area contributed by atoms with Crippen LogP contribution >= 0.6 is 0 Å². The fourth-order valence-corrected chi connectivity index (χ4v) is 2.50. The fraction of sp³-hybridized carbons (Fsp3) is 0.471. The van der Waals surface area contributed by atoms with Crippen LogP contribution in [0.3, 0.4) is 0 Å². The lowest BCUT2D eigenvalue weighted by Gasteiger charge is -2.12. The SMILES string of the molecule is Cc1ccccc1-n1nc(CC(C)C)c(O)c1C(C)C. The second kappa shape index (κ2) is 5.70. The van der Waals surface area contributed by atoms with Gasteiger partial charge in [0, 0.05) is 0 Å². The normalized spacial score (nSPS) is 11.6. The molecule has 0 radical (unpaired) electrons. The molecule has 1 heterocycles. The zero-order valence-electron chi connectivity index (χ0n) is 13.0. The fourth-order valence-electron chi connectivity index (χ4n) is 2.50. The van der Waals surface area contributed by atoms with Gasteiger partial charge < -0.3 is 5.11 Å². The van der Waals surface area contributed by atoms with Gasteiger partial charge in [-0.15, -0.1) is 0 Å². The molecule has 0 unspecified atom stereocenters. The molecule has 0 saturated heterocycles. The molecule has 2 aromatic rings. The minimum Gasteiger partial charge on any atom is -0.504 e. The molecular weight excluding hydrogens is 248 g/mol. The highest BCUT2D eigenvalue weighted by Gasteiger charge is 2.21. The summed E-state index contributed by atoms with van der Waals surface area (Å²) in [5, 5.41) is 15.2. The maximum Gasteiger partial charge on any atom is 0.160 e. The van der Waals surface area contributed by atoms with Gasteiger partial charge in [0.2, 0.25) is 0 Å². The largest absolute Gasteiger partial charge is 0.504 e. The summed E-state index contributed by atoms with van der Waals surface area (Å²) in [6, 6.07) is 8.15. The van der Waals surface area contributed by atoms with Gasteiger partial charge in [-0.05, 0) is 36.8 Å². The van der Waals surface area contributed by atoms with Crippen molar-refractivity contribution in [1.29, 1.82) is 0 Å². The zero-order valence-corrected chi connectivity index (χ0v) is 13.0. The van der Waals surface area contributed by atoms with Crippen LogP contribution in [0, 0.1) is 12.8 Å². The van der Waals surface area contributed by atoms with Crippen molar-refractivity contribution in [3.05, 3.63) is 41.2 Å². The summed E-state index contributed by atoms with van der Waals surface area (Å²) in [7, 11) is 0. The summed E-state index contributed by atoms with van der Waals surface area (Å²) in [6.45, 7) is 10.5. The summed E-state index contributed by atoms with van der Waals surface area (Å²) in [5.74, 6) is 1.06. The second-order valence-corrected chi connectivity index (χ2v) is 6.13. The summed E-state index contributed by atoms with van der Waals surface area (Å²) in [4.78, 5) is 0. The van der Waals surface area contributed by atoms with Gasteiger partial charge in [0.1, 0.15) is 5.69 Å². The first-order chi connectivity index (χ1) is 9.41. The van der Waals surface area contributed by atoms with E-state index in [4.69, 9.17) is 0 Å². The van der Waals surface area contributed by atoms with Crippen LogP contribution < -0.4 is 0 Å². The van der Waals surface area contributed by atoms with Crippen LogP contribution in [0.1, 0.15) is 50.6 Å². The molecule has 108 valence electrons. The highest BCUT2D eigenvalue weighted by Crippen LogP contribution is 2.33. The molecule has 0 bridgehead atoms. The molecule has 20 heavy (non-hydrogen) atoms. The van der Waals surface area contributed by atoms with E-state index in [-0.39, 0.29) is 5.92 Å². The van der Waals surface area contributed by atoms with Crippen molar-refractivity contribution in [3.63, 3.8) is 0 Å². The molecule has 0 spiro atoms. The average Bonchev–Trinajstić information content (AvgIpc) is 2.66. The minimum absolute atomic E-state index is 0.225. The Hall–Kier alpha value is -1.77. The van der Waals surface area contributed by atoms with Crippen LogP contribution in [0.25, 0.3) is 5.69 Å². The lowest BCUT2D eigenvalue weighted by molar-refractivity contribution is 0.452. The van der Waals surface area contributed by atoms with Gasteiger partial charge in [0.25, 0.3) is 0 Å². The summed E-state index contributed by atoms with van der Waals surface area (Å²) in [6.07, 6.45) is 0.796. The predicted molar refractivity (Wildman–Crippen MR) is 82.6 cm³/mol. The number of hydrogen-bond donors (Lipinski definition) is 1. The highest BCUT2D eigenvalue weighted by molar-refractivity contribution is 5.46. The van der Waals surface area contributed by atoms with Crippen molar-refractivity contribution in [2.75, 3.05) is 0 Å². The number of aromatic nitrogens is 2. The molecule has 1 aromatic carbocycles. The van der Waals surface area contributed by atoms with Gasteiger partial charge >= 0.3 is 0 Å². The third-order valence-electron chi connectivity index (χ3n) is 3.46. The third-order valence-corrected chi connectivity index (χ3v) is 3.46. The monoisotopic (exact) mass is 272 g/mol. The number of para-hydroxylation sites is 1. The topological polar surface area (TPSA) is 38.0 Å². The van der Waals surface area contributed by atoms with Crippen molar-refractivity contribution in [3.8, 4) is 11.4 Å². The van der Waals surface area contributed by atoms with Gasteiger partial charge in [-0.25, -0.2) is 4.68 Å². The van der Waals surface area contributed by atoms with E-state index in [1.54, 1.807) is 0 Å². The predicted octanol–water partition coefficient (Wildman–Crippen LogP) is 4.21. The van der Waals surface area contributed by atoms with Crippen LogP contribution in [0.15, 0.2) is 24.3 Å². The molecule has 1 aromatic heterocycles. The Labute approximate surface area is 121 Å². The maximum absolute atomic E-state index is 10.5. The molecule has 2 rings (SSSR count). The molecule has 0 amide bonds. The van der Waals surface area contributed by atoms with Crippen LogP contribution in [0.5, 0.6) is 5.75 Å². The lowest BCUT2D eigenvalue weighted by Crippen LogP contribution is -2.05. The standard InChI is InChI=1S/C17H24N2O/c1-11(2)10-14-17(20)16(12(3)4)19(18-14)15-9-7-6-8-13(15)5/h6-9,11-12,20H,10H2,1-5H3. The van der Waals surface area contributed by atoms with Gasteiger partial charge in [0.15, 0.2) is 5.75 Å². The Bertz CT molecular complexity index is 597. The first-order valence-corrected chi connectivity index (χ1v) is 7.28. The van der Waals surface area contributed by atoms with E-state index < -0.39 is 0 Å².